The molecule has 2 rings (SSSR count). The van der Waals surface area contributed by atoms with E-state index in [2.05, 4.69) is 5.32 Å². The van der Waals surface area contributed by atoms with Gasteiger partial charge in [0.25, 0.3) is 5.91 Å². The Labute approximate surface area is 146 Å². The van der Waals surface area contributed by atoms with E-state index in [9.17, 15) is 9.59 Å². The predicted molar refractivity (Wildman–Crippen MR) is 95.8 cm³/mol. The van der Waals surface area contributed by atoms with Crippen LogP contribution in [0.4, 0.5) is 5.69 Å². The topological polar surface area (TPSA) is 55.4 Å². The zero-order chi connectivity index (χ0) is 17.5. The van der Waals surface area contributed by atoms with Gasteiger partial charge in [-0.25, -0.2) is 0 Å². The van der Waals surface area contributed by atoms with Gasteiger partial charge in [0.1, 0.15) is 11.5 Å². The second-order valence-corrected chi connectivity index (χ2v) is 6.00. The van der Waals surface area contributed by atoms with Crippen molar-refractivity contribution in [2.45, 2.75) is 26.7 Å². The number of carbonyl (C=O) groups excluding carboxylic acids is 2. The monoisotopic (exact) mass is 345 g/mol. The van der Waals surface area contributed by atoms with Crippen molar-refractivity contribution < 1.29 is 14.3 Å². The number of hydrogen-bond donors (Lipinski definition) is 1. The molecule has 0 radical (unpaired) electrons. The van der Waals surface area contributed by atoms with Gasteiger partial charge in [-0.1, -0.05) is 29.8 Å². The maximum Gasteiger partial charge on any atom is 0.262 e. The van der Waals surface area contributed by atoms with Crippen LogP contribution < -0.4 is 10.1 Å². The number of halogens is 1. The molecule has 0 aliphatic rings. The molecule has 24 heavy (non-hydrogen) atoms. The Balaban J connectivity index is 1.85. The molecule has 4 nitrogen and oxygen atoms in total. The van der Waals surface area contributed by atoms with Gasteiger partial charge >= 0.3 is 0 Å². The van der Waals surface area contributed by atoms with Gasteiger partial charge in [0, 0.05) is 17.1 Å². The highest BCUT2D eigenvalue weighted by Crippen LogP contribution is 2.22. The van der Waals surface area contributed by atoms with E-state index >= 15 is 0 Å². The number of nitrogens with one attached hydrogen (secondary N) is 1. The third-order valence-electron chi connectivity index (χ3n) is 3.60. The zero-order valence-corrected chi connectivity index (χ0v) is 14.5. The van der Waals surface area contributed by atoms with Gasteiger partial charge in [0.15, 0.2) is 6.61 Å². The molecule has 126 valence electrons. The Kier molecular flexibility index (Phi) is 6.38. The maximum absolute atomic E-state index is 12.0. The number of ketones is 1. The first kappa shape index (κ1) is 18.0. The van der Waals surface area contributed by atoms with E-state index in [0.29, 0.717) is 29.3 Å². The van der Waals surface area contributed by atoms with Crippen LogP contribution in [0.15, 0.2) is 42.5 Å². The Bertz CT molecular complexity index is 726. The molecule has 1 amide bonds. The highest BCUT2D eigenvalue weighted by atomic mass is 35.5. The molecule has 0 fully saturated rings. The Morgan fingerprint density at radius 3 is 2.50 bits per heavy atom. The van der Waals surface area contributed by atoms with Crippen LogP contribution in [0, 0.1) is 6.92 Å². The van der Waals surface area contributed by atoms with Crippen LogP contribution in [-0.4, -0.2) is 18.3 Å². The molecule has 0 aliphatic heterocycles. The molecule has 2 aromatic carbocycles. The van der Waals surface area contributed by atoms with E-state index in [1.807, 2.05) is 19.1 Å². The minimum absolute atomic E-state index is 0.0846. The lowest BCUT2D eigenvalue weighted by Gasteiger charge is -2.10. The van der Waals surface area contributed by atoms with Crippen LogP contribution in [0.2, 0.25) is 5.02 Å². The van der Waals surface area contributed by atoms with Gasteiger partial charge in [0.2, 0.25) is 0 Å². The summed E-state index contributed by atoms with van der Waals surface area (Å²) in [7, 11) is 0. The van der Waals surface area contributed by atoms with Gasteiger partial charge in [0.05, 0.1) is 0 Å². The van der Waals surface area contributed by atoms with E-state index in [1.165, 1.54) is 0 Å². The molecule has 0 atom stereocenters. The molecule has 0 heterocycles. The molecular weight excluding hydrogens is 326 g/mol. The summed E-state index contributed by atoms with van der Waals surface area (Å²) >= 11 is 6.03. The lowest BCUT2D eigenvalue weighted by atomic mass is 10.1. The molecule has 2 aromatic rings. The summed E-state index contributed by atoms with van der Waals surface area (Å²) in [5, 5.41) is 3.39. The third-order valence-corrected chi connectivity index (χ3v) is 4.01. The van der Waals surface area contributed by atoms with E-state index in [1.54, 1.807) is 37.3 Å². The van der Waals surface area contributed by atoms with E-state index < -0.39 is 0 Å². The average molecular weight is 346 g/mol. The second kappa shape index (κ2) is 8.50. The SMILES string of the molecule is CC(=O)CCc1ccc(OCC(=O)Nc2cccc(Cl)c2C)cc1. The highest BCUT2D eigenvalue weighted by molar-refractivity contribution is 6.31. The lowest BCUT2D eigenvalue weighted by molar-refractivity contribution is -0.118. The first-order valence-electron chi connectivity index (χ1n) is 7.72. The summed E-state index contributed by atoms with van der Waals surface area (Å²) in [4.78, 5) is 23.0. The molecule has 0 bridgehead atoms. The molecule has 1 N–H and O–H groups in total. The van der Waals surface area contributed by atoms with Crippen LogP contribution in [0.25, 0.3) is 0 Å². The largest absolute Gasteiger partial charge is 0.484 e. The standard InChI is InChI=1S/C19H20ClNO3/c1-13(22)6-7-15-8-10-16(11-9-15)24-12-19(23)21-18-5-3-4-17(20)14(18)2/h3-5,8-11H,6-7,12H2,1-2H3,(H,21,23). The summed E-state index contributed by atoms with van der Waals surface area (Å²) in [6.07, 6.45) is 1.24. The normalized spacial score (nSPS) is 10.3. The number of benzene rings is 2. The zero-order valence-electron chi connectivity index (χ0n) is 13.8. The molecule has 0 unspecified atom stereocenters. The van der Waals surface area contributed by atoms with E-state index in [4.69, 9.17) is 16.3 Å². The van der Waals surface area contributed by atoms with Gasteiger partial charge in [-0.15, -0.1) is 0 Å². The fourth-order valence-corrected chi connectivity index (χ4v) is 2.33. The second-order valence-electron chi connectivity index (χ2n) is 5.60. The number of carbonyl (C=O) groups is 2. The Hall–Kier alpha value is -2.33. The van der Waals surface area contributed by atoms with Crippen molar-refractivity contribution in [2.75, 3.05) is 11.9 Å². The number of Topliss-reactive ketones (excluding diaryl/α,β-unsaturated/α-hetero) is 1. The number of amides is 1. The van der Waals surface area contributed by atoms with Crippen LogP contribution in [0.5, 0.6) is 5.75 Å². The summed E-state index contributed by atoms with van der Waals surface area (Å²) in [6, 6.07) is 12.8. The number of hydrogen-bond acceptors (Lipinski definition) is 3. The average Bonchev–Trinajstić information content (AvgIpc) is 2.56. The van der Waals surface area contributed by atoms with Crippen LogP contribution in [-0.2, 0) is 16.0 Å². The molecule has 0 saturated carbocycles. The van der Waals surface area contributed by atoms with Gasteiger partial charge in [-0.2, -0.15) is 0 Å². The molecule has 0 spiro atoms. The smallest absolute Gasteiger partial charge is 0.262 e. The fourth-order valence-electron chi connectivity index (χ4n) is 2.15. The molecule has 0 aliphatic carbocycles. The fraction of sp³-hybridized carbons (Fsp3) is 0.263. The van der Waals surface area contributed by atoms with Gasteiger partial charge in [-0.3, -0.25) is 4.79 Å². The number of ether oxygens (including phenoxy) is 1. The third kappa shape index (κ3) is 5.39. The van der Waals surface area contributed by atoms with Crippen LogP contribution in [0.3, 0.4) is 0 Å². The lowest BCUT2D eigenvalue weighted by Crippen LogP contribution is -2.20. The first-order valence-corrected chi connectivity index (χ1v) is 8.09. The van der Waals surface area contributed by atoms with Crippen molar-refractivity contribution in [3.63, 3.8) is 0 Å². The maximum atomic E-state index is 12.0. The summed E-state index contributed by atoms with van der Waals surface area (Å²) in [5.74, 6) is 0.531. The first-order chi connectivity index (χ1) is 11.5. The van der Waals surface area contributed by atoms with Crippen molar-refractivity contribution in [1.82, 2.24) is 0 Å². The van der Waals surface area contributed by atoms with Crippen molar-refractivity contribution in [1.29, 1.82) is 0 Å². The minimum Gasteiger partial charge on any atom is -0.484 e. The molecule has 5 heteroatoms. The van der Waals surface area contributed by atoms with Crippen molar-refractivity contribution >= 4 is 29.0 Å². The summed E-state index contributed by atoms with van der Waals surface area (Å²) in [5.41, 5.74) is 2.56. The Morgan fingerprint density at radius 1 is 1.12 bits per heavy atom. The Morgan fingerprint density at radius 2 is 1.83 bits per heavy atom. The predicted octanol–water partition coefficient (Wildman–Crippen LogP) is 4.19. The van der Waals surface area contributed by atoms with Crippen molar-refractivity contribution in [3.05, 3.63) is 58.6 Å². The molecular formula is C19H20ClNO3. The quantitative estimate of drug-likeness (QED) is 0.818. The molecule has 0 saturated heterocycles. The van der Waals surface area contributed by atoms with Gasteiger partial charge in [-0.05, 0) is 55.7 Å². The minimum atomic E-state index is -0.249. The van der Waals surface area contributed by atoms with E-state index in [-0.39, 0.29) is 18.3 Å². The molecule has 0 aromatic heterocycles. The van der Waals surface area contributed by atoms with Crippen molar-refractivity contribution in [3.8, 4) is 5.75 Å². The van der Waals surface area contributed by atoms with Crippen LogP contribution >= 0.6 is 11.6 Å². The number of aryl methyl sites for hydroxylation is 1. The summed E-state index contributed by atoms with van der Waals surface area (Å²) < 4.78 is 5.48. The van der Waals surface area contributed by atoms with E-state index in [0.717, 1.165) is 11.1 Å². The van der Waals surface area contributed by atoms with Crippen molar-refractivity contribution in [2.24, 2.45) is 0 Å². The van der Waals surface area contributed by atoms with Crippen LogP contribution in [0.1, 0.15) is 24.5 Å². The van der Waals surface area contributed by atoms with Gasteiger partial charge < -0.3 is 14.8 Å². The summed E-state index contributed by atoms with van der Waals surface area (Å²) in [6.45, 7) is 3.34. The number of rotatable bonds is 7. The number of anilines is 1. The highest BCUT2D eigenvalue weighted by Gasteiger charge is 2.07.